The van der Waals surface area contributed by atoms with E-state index in [9.17, 15) is 18.0 Å². The number of aromatic nitrogens is 4. The Bertz CT molecular complexity index is 1250. The van der Waals surface area contributed by atoms with E-state index >= 15 is 0 Å². The van der Waals surface area contributed by atoms with Gasteiger partial charge in [-0.1, -0.05) is 0 Å². The zero-order valence-corrected chi connectivity index (χ0v) is 19.4. The first kappa shape index (κ1) is 23.2. The molecule has 1 saturated carbocycles. The molecular weight excluding hydrogens is 457 g/mol. The number of alkyl halides is 3. The zero-order valence-electron chi connectivity index (χ0n) is 19.4. The van der Waals surface area contributed by atoms with E-state index in [0.717, 1.165) is 30.8 Å². The number of carbonyl (C=O) groups is 1. The zero-order chi connectivity index (χ0) is 24.7. The maximum Gasteiger partial charge on any atom is 0.417 e. The predicted molar refractivity (Wildman–Crippen MR) is 124 cm³/mol. The van der Waals surface area contributed by atoms with Crippen molar-refractivity contribution in [2.45, 2.75) is 38.9 Å². The third kappa shape index (κ3) is 4.96. The Morgan fingerprint density at radius 3 is 2.60 bits per heavy atom. The van der Waals surface area contributed by atoms with Gasteiger partial charge in [0.2, 0.25) is 0 Å². The van der Waals surface area contributed by atoms with Gasteiger partial charge in [0.25, 0.3) is 5.91 Å². The lowest BCUT2D eigenvalue weighted by Crippen LogP contribution is -2.48. The van der Waals surface area contributed by atoms with Gasteiger partial charge in [0.05, 0.1) is 11.3 Å². The lowest BCUT2D eigenvalue weighted by molar-refractivity contribution is -0.137. The summed E-state index contributed by atoms with van der Waals surface area (Å²) in [6.45, 7) is 4.66. The first-order valence-electron chi connectivity index (χ1n) is 11.5. The molecular formula is C25H25F3N6O. The van der Waals surface area contributed by atoms with Gasteiger partial charge in [-0.3, -0.25) is 4.79 Å². The number of amides is 1. The third-order valence-electron chi connectivity index (χ3n) is 6.68. The lowest BCUT2D eigenvalue weighted by atomic mass is 10.00. The minimum absolute atomic E-state index is 0.127. The Morgan fingerprint density at radius 2 is 1.89 bits per heavy atom. The largest absolute Gasteiger partial charge is 0.417 e. The van der Waals surface area contributed by atoms with E-state index in [4.69, 9.17) is 0 Å². The minimum atomic E-state index is -4.43. The summed E-state index contributed by atoms with van der Waals surface area (Å²) in [6.07, 6.45) is -0.0450. The average Bonchev–Trinajstić information content (AvgIpc) is 3.60. The second-order valence-corrected chi connectivity index (χ2v) is 9.25. The summed E-state index contributed by atoms with van der Waals surface area (Å²) in [7, 11) is 0. The van der Waals surface area contributed by atoms with Crippen molar-refractivity contribution in [3.8, 4) is 11.3 Å². The van der Waals surface area contributed by atoms with Crippen LogP contribution in [0.15, 0.2) is 42.7 Å². The van der Waals surface area contributed by atoms with Crippen LogP contribution in [0.5, 0.6) is 0 Å². The van der Waals surface area contributed by atoms with Crippen LogP contribution in [0.1, 0.15) is 40.4 Å². The molecule has 1 saturated heterocycles. The Hall–Kier alpha value is -3.56. The summed E-state index contributed by atoms with van der Waals surface area (Å²) in [5.41, 5.74) is 1.57. The van der Waals surface area contributed by atoms with Crippen molar-refractivity contribution in [2.24, 2.45) is 11.8 Å². The highest BCUT2D eigenvalue weighted by molar-refractivity contribution is 5.99. The smallest absolute Gasteiger partial charge is 0.368 e. The number of nitrogens with one attached hydrogen (secondary N) is 1. The number of anilines is 1. The molecule has 0 bridgehead atoms. The highest BCUT2D eigenvalue weighted by Crippen LogP contribution is 2.47. The quantitative estimate of drug-likeness (QED) is 0.575. The maximum atomic E-state index is 13.8. The molecule has 3 aromatic rings. The summed E-state index contributed by atoms with van der Waals surface area (Å²) >= 11 is 0. The summed E-state index contributed by atoms with van der Waals surface area (Å²) in [5, 5.41) is 3.12. The number of piperidine rings is 1. The van der Waals surface area contributed by atoms with Crippen LogP contribution in [0.25, 0.3) is 11.3 Å². The Kier molecular flexibility index (Phi) is 5.90. The number of nitrogens with zero attached hydrogens (tertiary/aromatic N) is 5. The molecule has 182 valence electrons. The molecule has 0 radical (unpaired) electrons. The van der Waals surface area contributed by atoms with E-state index in [0.29, 0.717) is 53.5 Å². The topological polar surface area (TPSA) is 83.9 Å². The van der Waals surface area contributed by atoms with Gasteiger partial charge in [-0.25, -0.2) is 19.9 Å². The van der Waals surface area contributed by atoms with Crippen molar-refractivity contribution < 1.29 is 18.0 Å². The van der Waals surface area contributed by atoms with E-state index in [-0.39, 0.29) is 11.9 Å². The van der Waals surface area contributed by atoms with Crippen LogP contribution >= 0.6 is 0 Å². The molecule has 3 atom stereocenters. The van der Waals surface area contributed by atoms with Gasteiger partial charge in [0.15, 0.2) is 0 Å². The fourth-order valence-corrected chi connectivity index (χ4v) is 4.70. The molecule has 5 rings (SSSR count). The van der Waals surface area contributed by atoms with Crippen LogP contribution in [-0.2, 0) is 6.18 Å². The van der Waals surface area contributed by atoms with Gasteiger partial charge < -0.3 is 10.2 Å². The van der Waals surface area contributed by atoms with E-state index in [2.05, 4.69) is 25.3 Å². The molecule has 2 fully saturated rings. The van der Waals surface area contributed by atoms with Crippen molar-refractivity contribution in [3.63, 3.8) is 0 Å². The number of rotatable bonds is 5. The molecule has 3 aromatic heterocycles. The van der Waals surface area contributed by atoms with Crippen LogP contribution in [0.3, 0.4) is 0 Å². The van der Waals surface area contributed by atoms with Crippen molar-refractivity contribution in [2.75, 3.05) is 18.4 Å². The van der Waals surface area contributed by atoms with Gasteiger partial charge in [-0.15, -0.1) is 0 Å². The number of hydrogen-bond acceptors (Lipinski definition) is 6. The molecule has 4 heterocycles. The number of fused-ring (bicyclic) bond motifs is 1. The van der Waals surface area contributed by atoms with E-state index < -0.39 is 11.7 Å². The van der Waals surface area contributed by atoms with Crippen LogP contribution in [0, 0.1) is 25.7 Å². The fraction of sp³-hybridized carbons (Fsp3) is 0.400. The monoisotopic (exact) mass is 482 g/mol. The third-order valence-corrected chi connectivity index (χ3v) is 6.68. The van der Waals surface area contributed by atoms with Crippen molar-refractivity contribution in [1.82, 2.24) is 24.8 Å². The maximum absolute atomic E-state index is 13.8. The van der Waals surface area contributed by atoms with E-state index in [1.807, 2.05) is 24.0 Å². The molecule has 1 aliphatic carbocycles. The van der Waals surface area contributed by atoms with Gasteiger partial charge in [-0.2, -0.15) is 13.2 Å². The first-order valence-corrected chi connectivity index (χ1v) is 11.5. The Morgan fingerprint density at radius 1 is 1.06 bits per heavy atom. The number of carbonyl (C=O) groups excluding carboxylic acids is 1. The molecule has 35 heavy (non-hydrogen) atoms. The van der Waals surface area contributed by atoms with Gasteiger partial charge in [-0.05, 0) is 68.9 Å². The van der Waals surface area contributed by atoms with Gasteiger partial charge in [0, 0.05) is 42.8 Å². The summed E-state index contributed by atoms with van der Waals surface area (Å²) in [5.74, 6) is 1.83. The number of likely N-dealkylation sites (tertiary alicyclic amines) is 1. The molecule has 0 spiro atoms. The molecule has 7 nitrogen and oxygen atoms in total. The molecule has 2 aliphatic rings. The van der Waals surface area contributed by atoms with Gasteiger partial charge >= 0.3 is 6.18 Å². The fourth-order valence-electron chi connectivity index (χ4n) is 4.70. The Labute approximate surface area is 200 Å². The van der Waals surface area contributed by atoms with Crippen LogP contribution in [0.2, 0.25) is 0 Å². The summed E-state index contributed by atoms with van der Waals surface area (Å²) in [6, 6.07) is 7.67. The summed E-state index contributed by atoms with van der Waals surface area (Å²) in [4.78, 5) is 32.8. The number of halogens is 3. The van der Waals surface area contributed by atoms with Gasteiger partial charge in [0.1, 0.15) is 17.3 Å². The molecule has 1 N–H and O–H groups in total. The van der Waals surface area contributed by atoms with Crippen molar-refractivity contribution in [1.29, 1.82) is 0 Å². The van der Waals surface area contributed by atoms with E-state index in [1.54, 1.807) is 19.2 Å². The first-order chi connectivity index (χ1) is 16.7. The number of pyridine rings is 2. The SMILES string of the molecule is Cc1ccc(-c2ccnc(C)n2)c(C(=O)N2C[C@@H]3C[C@@H]3C[C@H]2CNc2ccc(C(F)(F)F)cn2)n1. The molecule has 1 aliphatic heterocycles. The minimum Gasteiger partial charge on any atom is -0.368 e. The molecule has 10 heteroatoms. The normalized spacial score (nSPS) is 21.4. The molecule has 0 aromatic carbocycles. The van der Waals surface area contributed by atoms with Crippen LogP contribution < -0.4 is 5.32 Å². The standard InChI is InChI=1S/C25H25F3N6O/c1-14-3-5-20(21-7-8-29-15(2)33-21)23(32-14)24(35)34-13-17-9-16(17)10-19(34)12-31-22-6-4-18(11-30-22)25(26,27)28/h3-8,11,16-17,19H,9-10,12-13H2,1-2H3,(H,30,31)/t16-,17+,19+/m1/s1. The second kappa shape index (κ2) is 8.90. The van der Waals surface area contributed by atoms with Crippen LogP contribution in [-0.4, -0.2) is 49.9 Å². The summed E-state index contributed by atoms with van der Waals surface area (Å²) < 4.78 is 38.5. The van der Waals surface area contributed by atoms with Crippen LogP contribution in [0.4, 0.5) is 19.0 Å². The second-order valence-electron chi connectivity index (χ2n) is 9.25. The van der Waals surface area contributed by atoms with Crippen molar-refractivity contribution in [3.05, 3.63) is 65.5 Å². The lowest BCUT2D eigenvalue weighted by Gasteiger charge is -2.36. The number of hydrogen-bond donors (Lipinski definition) is 1. The number of aryl methyl sites for hydroxylation is 2. The highest BCUT2D eigenvalue weighted by Gasteiger charge is 2.47. The highest BCUT2D eigenvalue weighted by atomic mass is 19.4. The van der Waals surface area contributed by atoms with Crippen molar-refractivity contribution >= 4 is 11.7 Å². The van der Waals surface area contributed by atoms with E-state index in [1.165, 1.54) is 6.07 Å². The molecule has 0 unspecified atom stereocenters. The molecule has 1 amide bonds. The average molecular weight is 483 g/mol. The Balaban J connectivity index is 1.38. The predicted octanol–water partition coefficient (Wildman–Crippen LogP) is 4.53.